The molecule has 20 heavy (non-hydrogen) atoms. The molecule has 0 bridgehead atoms. The number of hydrogen-bond donors (Lipinski definition) is 2. The molecule has 1 aromatic carbocycles. The Balaban J connectivity index is 2.18. The van der Waals surface area contributed by atoms with Crippen molar-refractivity contribution in [1.29, 1.82) is 0 Å². The predicted octanol–water partition coefficient (Wildman–Crippen LogP) is 3.79. The van der Waals surface area contributed by atoms with E-state index in [-0.39, 0.29) is 0 Å². The molecule has 2 aromatic heterocycles. The number of aromatic nitrogens is 3. The normalized spacial score (nSPS) is 10.7. The maximum absolute atomic E-state index is 6.01. The number of hydrogen-bond acceptors (Lipinski definition) is 3. The SMILES string of the molecule is Cc1cc(-c2[nH]nc(N)c2-c2ccncc2)ccc1Br. The van der Waals surface area contributed by atoms with Gasteiger partial charge in [0.1, 0.15) is 0 Å². The second-order valence-electron chi connectivity index (χ2n) is 4.56. The third-order valence-corrected chi connectivity index (χ3v) is 4.10. The zero-order chi connectivity index (χ0) is 14.1. The van der Waals surface area contributed by atoms with Crippen LogP contribution < -0.4 is 5.73 Å². The number of nitrogen functional groups attached to an aromatic ring is 1. The van der Waals surface area contributed by atoms with Gasteiger partial charge in [-0.05, 0) is 42.3 Å². The maximum Gasteiger partial charge on any atom is 0.153 e. The molecule has 0 aliphatic carbocycles. The van der Waals surface area contributed by atoms with Crippen molar-refractivity contribution in [1.82, 2.24) is 15.2 Å². The number of pyridine rings is 1. The van der Waals surface area contributed by atoms with Crippen LogP contribution in [0.1, 0.15) is 5.56 Å². The van der Waals surface area contributed by atoms with E-state index in [2.05, 4.69) is 44.1 Å². The Labute approximate surface area is 125 Å². The molecule has 0 aliphatic heterocycles. The van der Waals surface area contributed by atoms with Gasteiger partial charge in [0.25, 0.3) is 0 Å². The number of anilines is 1. The summed E-state index contributed by atoms with van der Waals surface area (Å²) in [6.45, 7) is 2.05. The van der Waals surface area contributed by atoms with Crippen LogP contribution in [0, 0.1) is 6.92 Å². The molecule has 4 nitrogen and oxygen atoms in total. The quantitative estimate of drug-likeness (QED) is 0.752. The Bertz CT molecular complexity index is 750. The summed E-state index contributed by atoms with van der Waals surface area (Å²) in [4.78, 5) is 4.04. The average Bonchev–Trinajstić information content (AvgIpc) is 2.85. The standard InChI is InChI=1S/C15H13BrN4/c1-9-8-11(2-3-12(9)16)14-13(15(17)20-19-14)10-4-6-18-7-5-10/h2-8H,1H3,(H3,17,19,20). The zero-order valence-corrected chi connectivity index (χ0v) is 12.5. The first-order chi connectivity index (χ1) is 9.66. The number of aromatic amines is 1. The van der Waals surface area contributed by atoms with Gasteiger partial charge in [-0.1, -0.05) is 22.0 Å². The summed E-state index contributed by atoms with van der Waals surface area (Å²) in [6, 6.07) is 10.0. The van der Waals surface area contributed by atoms with E-state index in [9.17, 15) is 0 Å². The van der Waals surface area contributed by atoms with E-state index in [1.54, 1.807) is 12.4 Å². The number of nitrogens with two attached hydrogens (primary N) is 1. The van der Waals surface area contributed by atoms with Crippen LogP contribution in [0.15, 0.2) is 47.2 Å². The molecular weight excluding hydrogens is 316 g/mol. The Kier molecular flexibility index (Phi) is 3.28. The van der Waals surface area contributed by atoms with E-state index in [0.717, 1.165) is 32.4 Å². The van der Waals surface area contributed by atoms with E-state index in [1.807, 2.05) is 24.3 Å². The molecule has 3 rings (SSSR count). The number of benzene rings is 1. The van der Waals surface area contributed by atoms with E-state index < -0.39 is 0 Å². The Morgan fingerprint density at radius 3 is 2.55 bits per heavy atom. The number of nitrogens with zero attached hydrogens (tertiary/aromatic N) is 2. The Morgan fingerprint density at radius 1 is 1.10 bits per heavy atom. The number of aryl methyl sites for hydroxylation is 1. The molecule has 2 heterocycles. The molecular formula is C15H13BrN4. The van der Waals surface area contributed by atoms with Crippen molar-refractivity contribution in [3.8, 4) is 22.4 Å². The molecule has 0 spiro atoms. The third-order valence-electron chi connectivity index (χ3n) is 3.21. The van der Waals surface area contributed by atoms with Gasteiger partial charge in [0.2, 0.25) is 0 Å². The molecule has 3 N–H and O–H groups in total. The van der Waals surface area contributed by atoms with E-state index in [1.165, 1.54) is 0 Å². The first-order valence-corrected chi connectivity index (χ1v) is 6.97. The maximum atomic E-state index is 6.01. The predicted molar refractivity (Wildman–Crippen MR) is 84.1 cm³/mol. The van der Waals surface area contributed by atoms with E-state index in [4.69, 9.17) is 5.73 Å². The number of rotatable bonds is 2. The van der Waals surface area contributed by atoms with E-state index >= 15 is 0 Å². The summed E-state index contributed by atoms with van der Waals surface area (Å²) in [7, 11) is 0. The van der Waals surface area contributed by atoms with Crippen LogP contribution in [-0.4, -0.2) is 15.2 Å². The number of nitrogens with one attached hydrogen (secondary N) is 1. The minimum absolute atomic E-state index is 0.492. The zero-order valence-electron chi connectivity index (χ0n) is 10.9. The molecule has 0 fully saturated rings. The average molecular weight is 329 g/mol. The van der Waals surface area contributed by atoms with Crippen molar-refractivity contribution in [2.75, 3.05) is 5.73 Å². The second kappa shape index (κ2) is 5.09. The summed E-state index contributed by atoms with van der Waals surface area (Å²) < 4.78 is 1.08. The molecule has 0 amide bonds. The highest BCUT2D eigenvalue weighted by atomic mass is 79.9. The van der Waals surface area contributed by atoms with Crippen LogP contribution >= 0.6 is 15.9 Å². The smallest absolute Gasteiger partial charge is 0.153 e. The Hall–Kier alpha value is -2.14. The lowest BCUT2D eigenvalue weighted by atomic mass is 10.0. The van der Waals surface area contributed by atoms with Crippen molar-refractivity contribution in [3.05, 3.63) is 52.8 Å². The van der Waals surface area contributed by atoms with Crippen LogP contribution in [-0.2, 0) is 0 Å². The van der Waals surface area contributed by atoms with Crippen LogP contribution in [0.25, 0.3) is 22.4 Å². The molecule has 0 aliphatic rings. The highest BCUT2D eigenvalue weighted by Crippen LogP contribution is 2.35. The van der Waals surface area contributed by atoms with Gasteiger partial charge in [0, 0.05) is 22.4 Å². The van der Waals surface area contributed by atoms with Crippen molar-refractivity contribution < 1.29 is 0 Å². The lowest BCUT2D eigenvalue weighted by Gasteiger charge is -2.06. The molecule has 0 atom stereocenters. The van der Waals surface area contributed by atoms with Crippen molar-refractivity contribution in [2.45, 2.75) is 6.92 Å². The van der Waals surface area contributed by atoms with Crippen molar-refractivity contribution in [2.24, 2.45) is 0 Å². The third kappa shape index (κ3) is 2.20. The first-order valence-electron chi connectivity index (χ1n) is 6.17. The second-order valence-corrected chi connectivity index (χ2v) is 5.41. The summed E-state index contributed by atoms with van der Waals surface area (Å²) in [5.41, 5.74) is 11.1. The van der Waals surface area contributed by atoms with Gasteiger partial charge in [0.05, 0.1) is 11.3 Å². The molecule has 5 heteroatoms. The molecule has 3 aromatic rings. The van der Waals surface area contributed by atoms with Crippen LogP contribution in [0.4, 0.5) is 5.82 Å². The molecule has 0 saturated heterocycles. The van der Waals surface area contributed by atoms with Gasteiger partial charge in [0.15, 0.2) is 5.82 Å². The highest BCUT2D eigenvalue weighted by Gasteiger charge is 2.15. The molecule has 100 valence electrons. The van der Waals surface area contributed by atoms with Gasteiger partial charge in [-0.3, -0.25) is 10.1 Å². The van der Waals surface area contributed by atoms with Gasteiger partial charge in [-0.2, -0.15) is 5.10 Å². The van der Waals surface area contributed by atoms with Gasteiger partial charge >= 0.3 is 0 Å². The van der Waals surface area contributed by atoms with Crippen LogP contribution in [0.2, 0.25) is 0 Å². The van der Waals surface area contributed by atoms with E-state index in [0.29, 0.717) is 5.82 Å². The van der Waals surface area contributed by atoms with Gasteiger partial charge < -0.3 is 5.73 Å². The van der Waals surface area contributed by atoms with Crippen molar-refractivity contribution in [3.63, 3.8) is 0 Å². The largest absolute Gasteiger partial charge is 0.382 e. The van der Waals surface area contributed by atoms with Gasteiger partial charge in [-0.25, -0.2) is 0 Å². The molecule has 0 saturated carbocycles. The summed E-state index contributed by atoms with van der Waals surface area (Å²) in [5.74, 6) is 0.492. The summed E-state index contributed by atoms with van der Waals surface area (Å²) in [5, 5.41) is 7.17. The topological polar surface area (TPSA) is 67.6 Å². The van der Waals surface area contributed by atoms with Crippen LogP contribution in [0.3, 0.4) is 0 Å². The highest BCUT2D eigenvalue weighted by molar-refractivity contribution is 9.10. The number of H-pyrrole nitrogens is 1. The minimum atomic E-state index is 0.492. The summed E-state index contributed by atoms with van der Waals surface area (Å²) in [6.07, 6.45) is 3.50. The summed E-state index contributed by atoms with van der Waals surface area (Å²) >= 11 is 3.51. The van der Waals surface area contributed by atoms with Crippen LogP contribution in [0.5, 0.6) is 0 Å². The fraction of sp³-hybridized carbons (Fsp3) is 0.0667. The van der Waals surface area contributed by atoms with Gasteiger partial charge in [-0.15, -0.1) is 0 Å². The fourth-order valence-corrected chi connectivity index (χ4v) is 2.42. The first kappa shape index (κ1) is 12.9. The lowest BCUT2D eigenvalue weighted by molar-refractivity contribution is 1.10. The monoisotopic (exact) mass is 328 g/mol. The molecule has 0 radical (unpaired) electrons. The fourth-order valence-electron chi connectivity index (χ4n) is 2.18. The Morgan fingerprint density at radius 2 is 1.85 bits per heavy atom. The minimum Gasteiger partial charge on any atom is -0.382 e. The molecule has 0 unspecified atom stereocenters. The van der Waals surface area contributed by atoms with Crippen molar-refractivity contribution >= 4 is 21.7 Å². The lowest BCUT2D eigenvalue weighted by Crippen LogP contribution is -1.89. The number of halogens is 1.